The molecule has 0 saturated heterocycles. The average molecular weight is 645 g/mol. The Hall–Kier alpha value is -4.45. The highest BCUT2D eigenvalue weighted by Gasteiger charge is 2.54. The minimum atomic E-state index is -4.88. The normalized spacial score (nSPS) is 16.2. The highest BCUT2D eigenvalue weighted by Crippen LogP contribution is 2.57. The lowest BCUT2D eigenvalue weighted by Gasteiger charge is -2.27. The van der Waals surface area contributed by atoms with Crippen LogP contribution in [0.1, 0.15) is 56.3 Å². The van der Waals surface area contributed by atoms with Gasteiger partial charge in [-0.05, 0) is 75.1 Å². The first-order valence-corrected chi connectivity index (χ1v) is 14.4. The van der Waals surface area contributed by atoms with Crippen LogP contribution in [0.3, 0.4) is 0 Å². The van der Waals surface area contributed by atoms with Crippen molar-refractivity contribution in [1.29, 1.82) is 0 Å². The van der Waals surface area contributed by atoms with E-state index in [2.05, 4.69) is 15.2 Å². The van der Waals surface area contributed by atoms with Crippen molar-refractivity contribution in [2.75, 3.05) is 23.9 Å². The molecule has 9 nitrogen and oxygen atoms in total. The molecule has 0 radical (unpaired) electrons. The number of carbonyl (C=O) groups is 2. The van der Waals surface area contributed by atoms with Crippen molar-refractivity contribution in [3.8, 4) is 11.5 Å². The summed E-state index contributed by atoms with van der Waals surface area (Å²) in [4.78, 5) is 33.0. The Morgan fingerprint density at radius 3 is 2.33 bits per heavy atom. The second kappa shape index (κ2) is 11.8. The van der Waals surface area contributed by atoms with E-state index >= 15 is 0 Å². The third kappa shape index (κ3) is 6.95. The summed E-state index contributed by atoms with van der Waals surface area (Å²) in [5, 5.41) is 7.84. The van der Waals surface area contributed by atoms with Crippen LogP contribution in [-0.2, 0) is 19.8 Å². The van der Waals surface area contributed by atoms with E-state index in [1.807, 2.05) is 0 Å². The van der Waals surface area contributed by atoms with Gasteiger partial charge in [-0.15, -0.1) is 13.2 Å². The second-order valence-corrected chi connectivity index (χ2v) is 12.1. The number of anilines is 2. The molecule has 1 fully saturated rings. The number of rotatable bonds is 10. The van der Waals surface area contributed by atoms with Gasteiger partial charge in [0.2, 0.25) is 5.60 Å². The Bertz CT molecular complexity index is 1660. The molecule has 1 unspecified atom stereocenters. The number of amides is 2. The lowest BCUT2D eigenvalue weighted by molar-refractivity contribution is -0.274. The molecule has 238 valence electrons. The molecule has 1 aliphatic carbocycles. The molecular formula is C32H32ClF3N4O5. The number of alkyl halides is 3. The third-order valence-electron chi connectivity index (χ3n) is 7.97. The molecule has 2 amide bonds. The standard InChI is InChI=1S/C32H32ClF3N4O5/c1-18(39-45-30(2,3)29(37)42)20-13-22(15-24(14-20)43-4)38-27(19-5-7-21(33)8-6-19)28(41)40-17-31(11-12-31)25-10-9-23(16-26(25)40)44-32(34,35)36/h5-10,13-16,27,38H,11-12,17H2,1-4H3,(H2,37,42). The lowest BCUT2D eigenvalue weighted by atomic mass is 9.99. The van der Waals surface area contributed by atoms with Crippen LogP contribution in [0, 0.1) is 0 Å². The van der Waals surface area contributed by atoms with Crippen LogP contribution < -0.4 is 25.4 Å². The maximum absolute atomic E-state index is 14.4. The van der Waals surface area contributed by atoms with Crippen molar-refractivity contribution in [2.24, 2.45) is 10.9 Å². The van der Waals surface area contributed by atoms with Crippen molar-refractivity contribution < 1.29 is 37.1 Å². The van der Waals surface area contributed by atoms with Crippen LogP contribution in [0.5, 0.6) is 11.5 Å². The topological polar surface area (TPSA) is 115 Å². The largest absolute Gasteiger partial charge is 0.573 e. The Kier molecular flexibility index (Phi) is 8.39. The number of nitrogens with one attached hydrogen (secondary N) is 1. The van der Waals surface area contributed by atoms with Crippen molar-refractivity contribution in [3.05, 3.63) is 82.4 Å². The number of oxime groups is 1. The molecule has 1 atom stereocenters. The lowest BCUT2D eigenvalue weighted by Crippen LogP contribution is -2.39. The Morgan fingerprint density at radius 2 is 1.73 bits per heavy atom. The second-order valence-electron chi connectivity index (χ2n) is 11.7. The van der Waals surface area contributed by atoms with Crippen molar-refractivity contribution in [2.45, 2.75) is 57.0 Å². The Balaban J connectivity index is 1.51. The van der Waals surface area contributed by atoms with Crippen LogP contribution in [0.2, 0.25) is 5.02 Å². The quantitative estimate of drug-likeness (QED) is 0.193. The SMILES string of the molecule is COc1cc(NC(C(=O)N2CC3(CC3)c3ccc(OC(F)(F)F)cc32)c2ccc(Cl)cc2)cc(C(C)=NOC(C)(C)C(N)=O)c1. The fraction of sp³-hybridized carbons (Fsp3) is 0.344. The Labute approximate surface area is 263 Å². The Morgan fingerprint density at radius 1 is 1.04 bits per heavy atom. The van der Waals surface area contributed by atoms with E-state index in [0.717, 1.165) is 18.4 Å². The number of methoxy groups -OCH3 is 1. The van der Waals surface area contributed by atoms with Gasteiger partial charge in [0.25, 0.3) is 11.8 Å². The van der Waals surface area contributed by atoms with Gasteiger partial charge in [-0.2, -0.15) is 0 Å². The summed E-state index contributed by atoms with van der Waals surface area (Å²) in [7, 11) is 1.49. The fourth-order valence-electron chi connectivity index (χ4n) is 5.18. The average Bonchev–Trinajstić information content (AvgIpc) is 3.69. The first-order valence-electron chi connectivity index (χ1n) is 14.1. The molecule has 45 heavy (non-hydrogen) atoms. The van der Waals surface area contributed by atoms with E-state index in [-0.39, 0.29) is 11.3 Å². The zero-order chi connectivity index (χ0) is 32.7. The third-order valence-corrected chi connectivity index (χ3v) is 8.22. The van der Waals surface area contributed by atoms with Gasteiger partial charge in [-0.25, -0.2) is 0 Å². The predicted octanol–water partition coefficient (Wildman–Crippen LogP) is 6.48. The number of benzene rings is 3. The summed E-state index contributed by atoms with van der Waals surface area (Å²) in [6.45, 7) is 4.99. The molecule has 1 saturated carbocycles. The van der Waals surface area contributed by atoms with Gasteiger partial charge >= 0.3 is 6.36 Å². The molecule has 5 rings (SSSR count). The zero-order valence-electron chi connectivity index (χ0n) is 25.0. The number of nitrogens with two attached hydrogens (primary N) is 1. The summed E-state index contributed by atoms with van der Waals surface area (Å²) < 4.78 is 48.9. The number of ether oxygens (including phenoxy) is 2. The molecule has 1 heterocycles. The number of hydrogen-bond acceptors (Lipinski definition) is 7. The maximum Gasteiger partial charge on any atom is 0.573 e. The first kappa shape index (κ1) is 32.0. The number of primary amides is 1. The highest BCUT2D eigenvalue weighted by molar-refractivity contribution is 6.30. The monoisotopic (exact) mass is 644 g/mol. The van der Waals surface area contributed by atoms with Crippen molar-refractivity contribution in [3.63, 3.8) is 0 Å². The molecule has 1 aliphatic heterocycles. The van der Waals surface area contributed by atoms with Crippen LogP contribution in [0.4, 0.5) is 24.5 Å². The first-order chi connectivity index (χ1) is 21.1. The molecule has 1 spiro atoms. The fourth-order valence-corrected chi connectivity index (χ4v) is 5.31. The molecule has 3 N–H and O–H groups in total. The highest BCUT2D eigenvalue weighted by atomic mass is 35.5. The number of nitrogens with zero attached hydrogens (tertiary/aromatic N) is 2. The predicted molar refractivity (Wildman–Crippen MR) is 164 cm³/mol. The van der Waals surface area contributed by atoms with E-state index < -0.39 is 29.7 Å². The minimum Gasteiger partial charge on any atom is -0.497 e. The van der Waals surface area contributed by atoms with E-state index in [1.54, 1.807) is 55.5 Å². The van der Waals surface area contributed by atoms with Gasteiger partial charge < -0.3 is 30.3 Å². The van der Waals surface area contributed by atoms with E-state index in [0.29, 0.717) is 45.5 Å². The summed E-state index contributed by atoms with van der Waals surface area (Å²) in [6.07, 6.45) is -3.25. The number of carbonyl (C=O) groups excluding carboxylic acids is 2. The van der Waals surface area contributed by atoms with Crippen LogP contribution >= 0.6 is 11.6 Å². The molecule has 3 aromatic carbocycles. The summed E-state index contributed by atoms with van der Waals surface area (Å²) in [6, 6.07) is 15.0. The van der Waals surface area contributed by atoms with E-state index in [1.165, 1.54) is 38.0 Å². The van der Waals surface area contributed by atoms with Gasteiger partial charge in [0.05, 0.1) is 18.5 Å². The molecule has 2 aliphatic rings. The number of fused-ring (bicyclic) bond motifs is 2. The maximum atomic E-state index is 14.4. The van der Waals surface area contributed by atoms with Gasteiger partial charge in [0, 0.05) is 40.4 Å². The van der Waals surface area contributed by atoms with Gasteiger partial charge in [0.1, 0.15) is 17.5 Å². The molecule has 0 aromatic heterocycles. The summed E-state index contributed by atoms with van der Waals surface area (Å²) in [5.74, 6) is -1.03. The molecule has 0 bridgehead atoms. The summed E-state index contributed by atoms with van der Waals surface area (Å²) in [5.41, 5.74) is 6.96. The number of halogens is 4. The van der Waals surface area contributed by atoms with E-state index in [4.69, 9.17) is 26.9 Å². The van der Waals surface area contributed by atoms with Crippen LogP contribution in [0.15, 0.2) is 65.8 Å². The zero-order valence-corrected chi connectivity index (χ0v) is 25.8. The summed E-state index contributed by atoms with van der Waals surface area (Å²) >= 11 is 6.15. The van der Waals surface area contributed by atoms with E-state index in [9.17, 15) is 22.8 Å². The molecule has 3 aromatic rings. The minimum absolute atomic E-state index is 0.304. The molecular weight excluding hydrogens is 613 g/mol. The molecule has 13 heteroatoms. The van der Waals surface area contributed by atoms with Crippen molar-refractivity contribution in [1.82, 2.24) is 0 Å². The van der Waals surface area contributed by atoms with Crippen LogP contribution in [0.25, 0.3) is 0 Å². The van der Waals surface area contributed by atoms with Gasteiger partial charge in [0.15, 0.2) is 0 Å². The van der Waals surface area contributed by atoms with Gasteiger partial charge in [-0.1, -0.05) is 35.0 Å². The van der Waals surface area contributed by atoms with Gasteiger partial charge in [-0.3, -0.25) is 9.59 Å². The number of hydrogen-bond donors (Lipinski definition) is 2. The van der Waals surface area contributed by atoms with Crippen molar-refractivity contribution >= 4 is 40.5 Å². The van der Waals surface area contributed by atoms with Crippen LogP contribution in [-0.4, -0.2) is 43.1 Å². The smallest absolute Gasteiger partial charge is 0.497 e.